The van der Waals surface area contributed by atoms with E-state index in [0.717, 1.165) is 34.0 Å². The van der Waals surface area contributed by atoms with Crippen LogP contribution in [0, 0.1) is 0 Å². The Morgan fingerprint density at radius 2 is 1.77 bits per heavy atom. The summed E-state index contributed by atoms with van der Waals surface area (Å²) in [5, 5.41) is 2.66. The minimum absolute atomic E-state index is 0.365. The van der Waals surface area contributed by atoms with Crippen LogP contribution < -0.4 is 10.1 Å². The molecule has 134 valence electrons. The molecule has 1 amide bonds. The van der Waals surface area contributed by atoms with Crippen molar-refractivity contribution < 1.29 is 9.53 Å². The average Bonchev–Trinajstić information content (AvgIpc) is 3.16. The number of methoxy groups -OCH3 is 1. The number of ether oxygens (including phenoxy) is 1. The van der Waals surface area contributed by atoms with Gasteiger partial charge in [0.05, 0.1) is 19.0 Å². The molecule has 0 saturated heterocycles. The lowest BCUT2D eigenvalue weighted by Gasteiger charge is -2.06. The lowest BCUT2D eigenvalue weighted by molar-refractivity contribution is -0.119. The number of alkyl halides is 2. The largest absolute Gasteiger partial charge is 0.497 e. The second-order valence-electron chi connectivity index (χ2n) is 5.59. The van der Waals surface area contributed by atoms with E-state index in [-0.39, 0.29) is 0 Å². The van der Waals surface area contributed by atoms with Gasteiger partial charge in [-0.25, -0.2) is 4.98 Å². The molecule has 1 heterocycles. The van der Waals surface area contributed by atoms with Gasteiger partial charge in [-0.05, 0) is 35.4 Å². The first-order valence-electron chi connectivity index (χ1n) is 7.91. The van der Waals surface area contributed by atoms with Crippen molar-refractivity contribution in [2.45, 2.75) is 11.4 Å². The van der Waals surface area contributed by atoms with Gasteiger partial charge in [-0.1, -0.05) is 47.5 Å². The number of amides is 1. The lowest BCUT2D eigenvalue weighted by Crippen LogP contribution is -2.27. The number of H-pyrrole nitrogens is 1. The number of rotatable bonds is 6. The summed E-state index contributed by atoms with van der Waals surface area (Å²) in [6.07, 6.45) is 1.80. The maximum Gasteiger partial charge on any atom is 0.253 e. The number of aromatic nitrogens is 2. The average molecular weight is 390 g/mol. The molecule has 0 aliphatic carbocycles. The smallest absolute Gasteiger partial charge is 0.253 e. The van der Waals surface area contributed by atoms with Crippen LogP contribution in [0.1, 0.15) is 5.56 Å². The van der Waals surface area contributed by atoms with Gasteiger partial charge >= 0.3 is 0 Å². The summed E-state index contributed by atoms with van der Waals surface area (Å²) in [5.74, 6) is 1.17. The first kappa shape index (κ1) is 18.3. The zero-order valence-electron chi connectivity index (χ0n) is 14.0. The third-order valence-electron chi connectivity index (χ3n) is 3.87. The Hall–Kier alpha value is -2.50. The maximum absolute atomic E-state index is 11.4. The maximum atomic E-state index is 11.4. The van der Waals surface area contributed by atoms with E-state index in [2.05, 4.69) is 15.3 Å². The van der Waals surface area contributed by atoms with Gasteiger partial charge in [0.1, 0.15) is 11.6 Å². The summed E-state index contributed by atoms with van der Waals surface area (Å²) in [7, 11) is 1.64. The van der Waals surface area contributed by atoms with Crippen molar-refractivity contribution in [3.8, 4) is 28.4 Å². The minimum atomic E-state index is -1.06. The van der Waals surface area contributed by atoms with Crippen LogP contribution >= 0.6 is 23.2 Å². The summed E-state index contributed by atoms with van der Waals surface area (Å²) in [6, 6.07) is 15.5. The van der Waals surface area contributed by atoms with Crippen molar-refractivity contribution >= 4 is 29.1 Å². The number of imidazole rings is 1. The number of carbonyl (C=O) groups is 1. The van der Waals surface area contributed by atoms with E-state index in [0.29, 0.717) is 6.54 Å². The van der Waals surface area contributed by atoms with Gasteiger partial charge in [0.15, 0.2) is 4.84 Å². The monoisotopic (exact) mass is 389 g/mol. The second kappa shape index (κ2) is 8.25. The fourth-order valence-electron chi connectivity index (χ4n) is 2.43. The zero-order chi connectivity index (χ0) is 18.5. The van der Waals surface area contributed by atoms with E-state index in [4.69, 9.17) is 27.9 Å². The molecular formula is C19H17Cl2N3O2. The van der Waals surface area contributed by atoms with Gasteiger partial charge in [-0.15, -0.1) is 0 Å². The molecule has 0 aliphatic heterocycles. The van der Waals surface area contributed by atoms with Gasteiger partial charge in [-0.3, -0.25) is 4.79 Å². The van der Waals surface area contributed by atoms with E-state index in [1.165, 1.54) is 0 Å². The molecule has 3 rings (SSSR count). The van der Waals surface area contributed by atoms with Gasteiger partial charge in [0.2, 0.25) is 0 Å². The Kier molecular flexibility index (Phi) is 5.81. The first-order chi connectivity index (χ1) is 12.6. The number of hydrogen-bond acceptors (Lipinski definition) is 3. The fraction of sp³-hybridized carbons (Fsp3) is 0.158. The first-order valence-corrected chi connectivity index (χ1v) is 8.78. The van der Waals surface area contributed by atoms with E-state index in [1.54, 1.807) is 13.3 Å². The van der Waals surface area contributed by atoms with Crippen molar-refractivity contribution in [1.29, 1.82) is 0 Å². The fourth-order valence-corrected chi connectivity index (χ4v) is 2.59. The number of aromatic amines is 1. The second-order valence-corrected chi connectivity index (χ2v) is 6.69. The summed E-state index contributed by atoms with van der Waals surface area (Å²) in [6.45, 7) is 0.365. The van der Waals surface area contributed by atoms with E-state index >= 15 is 0 Å². The molecule has 7 heteroatoms. The van der Waals surface area contributed by atoms with Crippen LogP contribution in [-0.4, -0.2) is 27.8 Å². The molecule has 3 aromatic rings. The Labute approximate surface area is 161 Å². The van der Waals surface area contributed by atoms with Gasteiger partial charge in [-0.2, -0.15) is 0 Å². The topological polar surface area (TPSA) is 67.0 Å². The highest BCUT2D eigenvalue weighted by molar-refractivity contribution is 6.53. The molecule has 2 N–H and O–H groups in total. The number of carbonyl (C=O) groups excluding carboxylic acids is 1. The third-order valence-corrected chi connectivity index (χ3v) is 4.27. The quantitative estimate of drug-likeness (QED) is 0.621. The van der Waals surface area contributed by atoms with Crippen molar-refractivity contribution in [3.63, 3.8) is 0 Å². The molecule has 0 bridgehead atoms. The zero-order valence-corrected chi connectivity index (χ0v) is 15.5. The summed E-state index contributed by atoms with van der Waals surface area (Å²) >= 11 is 11.0. The summed E-state index contributed by atoms with van der Waals surface area (Å²) in [5.41, 5.74) is 3.85. The van der Waals surface area contributed by atoms with Crippen LogP contribution in [0.25, 0.3) is 22.6 Å². The van der Waals surface area contributed by atoms with Gasteiger partial charge < -0.3 is 15.0 Å². The highest BCUT2D eigenvalue weighted by Gasteiger charge is 2.10. The van der Waals surface area contributed by atoms with Crippen molar-refractivity contribution in [1.82, 2.24) is 15.3 Å². The van der Waals surface area contributed by atoms with E-state index in [9.17, 15) is 4.79 Å². The molecule has 0 radical (unpaired) electrons. The van der Waals surface area contributed by atoms with Crippen LogP contribution in [0.5, 0.6) is 5.75 Å². The minimum Gasteiger partial charge on any atom is -0.497 e. The standard InChI is InChI=1S/C19H17Cl2N3O2/c1-26-15-8-6-13(7-9-15)16-11-22-18(24-16)14-4-2-12(3-5-14)10-23-19(25)17(20)21/h2-9,11,17H,10H2,1H3,(H,22,24)(H,23,25). The Morgan fingerprint density at radius 3 is 2.38 bits per heavy atom. The predicted octanol–water partition coefficient (Wildman–Crippen LogP) is 4.17. The number of halogens is 2. The third kappa shape index (κ3) is 4.36. The highest BCUT2D eigenvalue weighted by atomic mass is 35.5. The van der Waals surface area contributed by atoms with E-state index < -0.39 is 10.7 Å². The highest BCUT2D eigenvalue weighted by Crippen LogP contribution is 2.24. The van der Waals surface area contributed by atoms with Crippen molar-refractivity contribution in [2.24, 2.45) is 0 Å². The van der Waals surface area contributed by atoms with E-state index in [1.807, 2.05) is 48.5 Å². The van der Waals surface area contributed by atoms with Crippen LogP contribution in [0.15, 0.2) is 54.7 Å². The van der Waals surface area contributed by atoms with Crippen LogP contribution in [0.4, 0.5) is 0 Å². The molecule has 0 spiro atoms. The molecule has 26 heavy (non-hydrogen) atoms. The molecule has 0 saturated carbocycles. The summed E-state index contributed by atoms with van der Waals surface area (Å²) in [4.78, 5) is 18.1. The molecule has 1 aromatic heterocycles. The van der Waals surface area contributed by atoms with Crippen LogP contribution in [0.2, 0.25) is 0 Å². The lowest BCUT2D eigenvalue weighted by atomic mass is 10.1. The SMILES string of the molecule is COc1ccc(-c2cnc(-c3ccc(CNC(=O)C(Cl)Cl)cc3)[nH]2)cc1. The van der Waals surface area contributed by atoms with Crippen molar-refractivity contribution in [3.05, 3.63) is 60.3 Å². The Morgan fingerprint density at radius 1 is 1.12 bits per heavy atom. The molecule has 0 unspecified atom stereocenters. The number of hydrogen-bond donors (Lipinski definition) is 2. The Balaban J connectivity index is 1.69. The molecule has 0 atom stereocenters. The molecule has 5 nitrogen and oxygen atoms in total. The molecular weight excluding hydrogens is 373 g/mol. The number of benzene rings is 2. The molecule has 0 fully saturated rings. The summed E-state index contributed by atoms with van der Waals surface area (Å²) < 4.78 is 5.17. The van der Waals surface area contributed by atoms with Crippen molar-refractivity contribution in [2.75, 3.05) is 7.11 Å². The number of nitrogens with one attached hydrogen (secondary N) is 2. The molecule has 0 aliphatic rings. The van der Waals surface area contributed by atoms with Crippen LogP contribution in [-0.2, 0) is 11.3 Å². The normalized spacial score (nSPS) is 10.8. The van der Waals surface area contributed by atoms with Crippen LogP contribution in [0.3, 0.4) is 0 Å². The number of nitrogens with zero attached hydrogens (tertiary/aromatic N) is 1. The van der Waals surface area contributed by atoms with Gasteiger partial charge in [0, 0.05) is 12.1 Å². The van der Waals surface area contributed by atoms with Gasteiger partial charge in [0.25, 0.3) is 5.91 Å². The Bertz CT molecular complexity index is 875. The predicted molar refractivity (Wildman–Crippen MR) is 103 cm³/mol. The molecule has 2 aromatic carbocycles.